The molecule has 2 nitrogen and oxygen atoms in total. The van der Waals surface area contributed by atoms with Gasteiger partial charge in [0.2, 0.25) is 0 Å². The zero-order chi connectivity index (χ0) is 13.1. The molecule has 0 radical (unpaired) electrons. The molecule has 0 bridgehead atoms. The van der Waals surface area contributed by atoms with Gasteiger partial charge in [-0.25, -0.2) is 0 Å². The topological polar surface area (TPSA) is 26.3 Å². The van der Waals surface area contributed by atoms with Crippen LogP contribution in [0.15, 0.2) is 28.9 Å². The molecular weight excluding hydrogens is 244 g/mol. The van der Waals surface area contributed by atoms with Gasteiger partial charge < -0.3 is 4.74 Å². The first-order valence-electron chi connectivity index (χ1n) is 6.19. The van der Waals surface area contributed by atoms with Crippen LogP contribution in [-0.4, -0.2) is 12.2 Å². The van der Waals surface area contributed by atoms with Gasteiger partial charge >= 0.3 is 5.97 Å². The van der Waals surface area contributed by atoms with E-state index >= 15 is 0 Å². The van der Waals surface area contributed by atoms with Gasteiger partial charge in [-0.15, -0.1) is 11.8 Å². The zero-order valence-corrected chi connectivity index (χ0v) is 11.8. The lowest BCUT2D eigenvalue weighted by Gasteiger charge is -2.17. The van der Waals surface area contributed by atoms with Crippen molar-refractivity contribution in [3.05, 3.63) is 35.1 Å². The zero-order valence-electron chi connectivity index (χ0n) is 11.0. The average molecular weight is 262 g/mol. The lowest BCUT2D eigenvalue weighted by atomic mass is 9.96. The Morgan fingerprint density at radius 1 is 1.33 bits per heavy atom. The monoisotopic (exact) mass is 262 g/mol. The van der Waals surface area contributed by atoms with Gasteiger partial charge in [0.15, 0.2) is 0 Å². The number of rotatable bonds is 3. The number of hydrogen-bond donors (Lipinski definition) is 0. The second-order valence-electron chi connectivity index (χ2n) is 4.75. The number of ether oxygens (including phenoxy) is 1. The van der Waals surface area contributed by atoms with Crippen LogP contribution in [0.2, 0.25) is 0 Å². The van der Waals surface area contributed by atoms with Gasteiger partial charge in [-0.1, -0.05) is 19.9 Å². The van der Waals surface area contributed by atoms with Gasteiger partial charge in [0.25, 0.3) is 0 Å². The molecular formula is C15H18O2S. The molecule has 0 fully saturated rings. The molecule has 18 heavy (non-hydrogen) atoms. The quantitative estimate of drug-likeness (QED) is 0.610. The third-order valence-electron chi connectivity index (χ3n) is 3.01. The SMILES string of the molecule is CSc1ccc2c(c1)CCC(OC(=O)C(C)C)=C2. The smallest absolute Gasteiger partial charge is 0.313 e. The Kier molecular flexibility index (Phi) is 4.12. The Balaban J connectivity index is 2.17. The molecule has 1 aliphatic rings. The van der Waals surface area contributed by atoms with Crippen molar-refractivity contribution in [1.29, 1.82) is 0 Å². The maximum atomic E-state index is 11.6. The predicted octanol–water partition coefficient (Wildman–Crippen LogP) is 3.89. The number of carbonyl (C=O) groups excluding carboxylic acids is 1. The summed E-state index contributed by atoms with van der Waals surface area (Å²) in [5.74, 6) is 0.565. The molecule has 0 amide bonds. The van der Waals surface area contributed by atoms with E-state index in [1.54, 1.807) is 11.8 Å². The minimum absolute atomic E-state index is 0.0776. The number of aryl methyl sites for hydroxylation is 1. The van der Waals surface area contributed by atoms with E-state index in [2.05, 4.69) is 24.5 Å². The van der Waals surface area contributed by atoms with Crippen molar-refractivity contribution in [3.63, 3.8) is 0 Å². The fraction of sp³-hybridized carbons (Fsp3) is 0.400. The molecule has 1 aromatic rings. The Morgan fingerprint density at radius 2 is 2.11 bits per heavy atom. The molecule has 0 atom stereocenters. The van der Waals surface area contributed by atoms with Crippen molar-refractivity contribution in [1.82, 2.24) is 0 Å². The van der Waals surface area contributed by atoms with Gasteiger partial charge in [-0.3, -0.25) is 4.79 Å². The molecule has 0 N–H and O–H groups in total. The van der Waals surface area contributed by atoms with Crippen LogP contribution in [0, 0.1) is 5.92 Å². The Hall–Kier alpha value is -1.22. The third-order valence-corrected chi connectivity index (χ3v) is 3.74. The number of carbonyl (C=O) groups is 1. The maximum absolute atomic E-state index is 11.6. The van der Waals surface area contributed by atoms with Crippen LogP contribution in [0.3, 0.4) is 0 Å². The van der Waals surface area contributed by atoms with Crippen molar-refractivity contribution >= 4 is 23.8 Å². The van der Waals surface area contributed by atoms with Crippen LogP contribution in [0.5, 0.6) is 0 Å². The van der Waals surface area contributed by atoms with Gasteiger partial charge in [-0.2, -0.15) is 0 Å². The molecule has 96 valence electrons. The second-order valence-corrected chi connectivity index (χ2v) is 5.63. The largest absolute Gasteiger partial charge is 0.431 e. The molecule has 1 aliphatic carbocycles. The average Bonchev–Trinajstić information content (AvgIpc) is 2.37. The van der Waals surface area contributed by atoms with Crippen LogP contribution in [-0.2, 0) is 16.0 Å². The first kappa shape index (κ1) is 13.2. The van der Waals surface area contributed by atoms with E-state index in [1.807, 2.05) is 19.9 Å². The van der Waals surface area contributed by atoms with Crippen LogP contribution >= 0.6 is 11.8 Å². The Morgan fingerprint density at radius 3 is 2.78 bits per heavy atom. The van der Waals surface area contributed by atoms with Crippen LogP contribution in [0.1, 0.15) is 31.4 Å². The fourth-order valence-corrected chi connectivity index (χ4v) is 2.36. The molecule has 3 heteroatoms. The van der Waals surface area contributed by atoms with Crippen LogP contribution in [0.25, 0.3) is 6.08 Å². The van der Waals surface area contributed by atoms with E-state index < -0.39 is 0 Å². The first-order valence-corrected chi connectivity index (χ1v) is 7.42. The summed E-state index contributed by atoms with van der Waals surface area (Å²) in [4.78, 5) is 12.8. The Labute approximate surface area is 112 Å². The van der Waals surface area contributed by atoms with Crippen LogP contribution in [0.4, 0.5) is 0 Å². The number of thioether (sulfide) groups is 1. The number of esters is 1. The van der Waals surface area contributed by atoms with Gasteiger partial charge in [-0.05, 0) is 42.0 Å². The molecule has 0 saturated heterocycles. The fourth-order valence-electron chi connectivity index (χ4n) is 1.90. The summed E-state index contributed by atoms with van der Waals surface area (Å²) in [6.45, 7) is 3.70. The van der Waals surface area contributed by atoms with Crippen molar-refractivity contribution in [2.75, 3.05) is 6.26 Å². The van der Waals surface area contributed by atoms with Crippen molar-refractivity contribution in [2.45, 2.75) is 31.6 Å². The van der Waals surface area contributed by atoms with Crippen molar-refractivity contribution in [2.24, 2.45) is 5.92 Å². The lowest BCUT2D eigenvalue weighted by Crippen LogP contribution is -2.13. The van der Waals surface area contributed by atoms with E-state index in [-0.39, 0.29) is 11.9 Å². The molecule has 0 saturated carbocycles. The molecule has 0 aromatic heterocycles. The molecule has 0 heterocycles. The summed E-state index contributed by atoms with van der Waals surface area (Å²) in [7, 11) is 0. The van der Waals surface area contributed by atoms with E-state index in [1.165, 1.54) is 16.0 Å². The Bertz CT molecular complexity index is 489. The van der Waals surface area contributed by atoms with Crippen molar-refractivity contribution in [3.8, 4) is 0 Å². The summed E-state index contributed by atoms with van der Waals surface area (Å²) in [5.41, 5.74) is 2.51. The van der Waals surface area contributed by atoms with Crippen molar-refractivity contribution < 1.29 is 9.53 Å². The van der Waals surface area contributed by atoms with E-state index in [4.69, 9.17) is 4.74 Å². The summed E-state index contributed by atoms with van der Waals surface area (Å²) in [6, 6.07) is 6.42. The number of benzene rings is 1. The maximum Gasteiger partial charge on any atom is 0.313 e. The first-order chi connectivity index (χ1) is 8.60. The molecule has 0 unspecified atom stereocenters. The van der Waals surface area contributed by atoms with Gasteiger partial charge in [0, 0.05) is 11.3 Å². The number of fused-ring (bicyclic) bond motifs is 1. The highest BCUT2D eigenvalue weighted by Gasteiger charge is 2.16. The molecule has 0 spiro atoms. The lowest BCUT2D eigenvalue weighted by molar-refractivity contribution is -0.143. The number of hydrogen-bond acceptors (Lipinski definition) is 3. The standard InChI is InChI=1S/C15H18O2S/c1-10(2)15(16)17-13-6-4-12-9-14(18-3)7-5-11(12)8-13/h5,7-10H,4,6H2,1-3H3. The van der Waals surface area contributed by atoms with Crippen LogP contribution < -0.4 is 0 Å². The number of allylic oxidation sites excluding steroid dienone is 1. The van der Waals surface area contributed by atoms with Gasteiger partial charge in [0.05, 0.1) is 5.92 Å². The minimum Gasteiger partial charge on any atom is -0.431 e. The summed E-state index contributed by atoms with van der Waals surface area (Å²) in [6.07, 6.45) is 5.82. The van der Waals surface area contributed by atoms with Gasteiger partial charge in [0.1, 0.15) is 5.76 Å². The van der Waals surface area contributed by atoms with E-state index in [0.717, 1.165) is 18.6 Å². The minimum atomic E-state index is -0.148. The predicted molar refractivity (Wildman–Crippen MR) is 75.5 cm³/mol. The highest BCUT2D eigenvalue weighted by atomic mass is 32.2. The molecule has 1 aromatic carbocycles. The third kappa shape index (κ3) is 2.96. The summed E-state index contributed by atoms with van der Waals surface area (Å²) >= 11 is 1.75. The summed E-state index contributed by atoms with van der Waals surface area (Å²) < 4.78 is 5.38. The normalized spacial score (nSPS) is 14.1. The molecule has 0 aliphatic heterocycles. The highest BCUT2D eigenvalue weighted by Crippen LogP contribution is 2.28. The van der Waals surface area contributed by atoms with E-state index in [9.17, 15) is 4.79 Å². The molecule has 2 rings (SSSR count). The highest BCUT2D eigenvalue weighted by molar-refractivity contribution is 7.98. The van der Waals surface area contributed by atoms with E-state index in [0.29, 0.717) is 0 Å². The second kappa shape index (κ2) is 5.61. The summed E-state index contributed by atoms with van der Waals surface area (Å²) in [5, 5.41) is 0.